The van der Waals surface area contributed by atoms with Crippen LogP contribution in [0.15, 0.2) is 59.9 Å². The van der Waals surface area contributed by atoms with Crippen LogP contribution in [0.3, 0.4) is 0 Å². The fraction of sp³-hybridized carbons (Fsp3) is 0.304. The quantitative estimate of drug-likeness (QED) is 0.636. The van der Waals surface area contributed by atoms with Crippen LogP contribution in [0.1, 0.15) is 42.6 Å². The summed E-state index contributed by atoms with van der Waals surface area (Å²) in [7, 11) is 0. The van der Waals surface area contributed by atoms with Crippen molar-refractivity contribution >= 4 is 23.5 Å². The minimum Gasteiger partial charge on any atom is -0.481 e. The van der Waals surface area contributed by atoms with E-state index in [4.69, 9.17) is 0 Å². The summed E-state index contributed by atoms with van der Waals surface area (Å²) in [4.78, 5) is 40.6. The number of carbonyl (C=O) groups is 3. The zero-order valence-electron chi connectivity index (χ0n) is 17.0. The molecule has 0 unspecified atom stereocenters. The highest BCUT2D eigenvalue weighted by molar-refractivity contribution is 5.97. The molecule has 30 heavy (non-hydrogen) atoms. The van der Waals surface area contributed by atoms with Gasteiger partial charge in [0.25, 0.3) is 5.91 Å². The molecule has 0 aliphatic heterocycles. The standard InChI is InChI=1S/C23H25N3O4/c1-14-10-19(20(23(29)30)11-15(14)2)22(28)26-18-7-5-17(6-8-18)21(27)25-13-16-4-3-9-24-12-16/h3-9,12,19-20H,10-11,13H2,1-2H3,(H,25,27)(H,26,28)(H,29,30)/t19-,20+/m1/s1. The number of aliphatic carboxylic acids is 1. The molecule has 0 saturated carbocycles. The fourth-order valence-corrected chi connectivity index (χ4v) is 3.55. The highest BCUT2D eigenvalue weighted by Gasteiger charge is 2.37. The predicted octanol–water partition coefficient (Wildman–Crippen LogP) is 3.40. The topological polar surface area (TPSA) is 108 Å². The second kappa shape index (κ2) is 9.35. The van der Waals surface area contributed by atoms with Crippen molar-refractivity contribution in [1.82, 2.24) is 10.3 Å². The van der Waals surface area contributed by atoms with E-state index in [2.05, 4.69) is 15.6 Å². The normalized spacial score (nSPS) is 18.6. The molecule has 0 radical (unpaired) electrons. The van der Waals surface area contributed by atoms with Crippen molar-refractivity contribution in [3.8, 4) is 0 Å². The van der Waals surface area contributed by atoms with Gasteiger partial charge in [-0.25, -0.2) is 0 Å². The summed E-state index contributed by atoms with van der Waals surface area (Å²) in [6.45, 7) is 4.22. The number of hydrogen-bond acceptors (Lipinski definition) is 4. The van der Waals surface area contributed by atoms with Gasteiger partial charge in [-0.15, -0.1) is 0 Å². The maximum Gasteiger partial charge on any atom is 0.307 e. The lowest BCUT2D eigenvalue weighted by atomic mass is 9.76. The molecule has 1 heterocycles. The van der Waals surface area contributed by atoms with E-state index in [0.29, 0.717) is 30.6 Å². The van der Waals surface area contributed by atoms with Gasteiger partial charge in [-0.1, -0.05) is 17.2 Å². The summed E-state index contributed by atoms with van der Waals surface area (Å²) in [5, 5.41) is 15.1. The third-order valence-corrected chi connectivity index (χ3v) is 5.51. The Morgan fingerprint density at radius 3 is 2.30 bits per heavy atom. The number of nitrogens with one attached hydrogen (secondary N) is 2. The second-order valence-corrected chi connectivity index (χ2v) is 7.63. The molecule has 0 spiro atoms. The summed E-state index contributed by atoms with van der Waals surface area (Å²) in [6, 6.07) is 10.2. The van der Waals surface area contributed by atoms with E-state index < -0.39 is 17.8 Å². The molecule has 2 aromatic rings. The molecule has 7 nitrogen and oxygen atoms in total. The van der Waals surface area contributed by atoms with Crippen LogP contribution in [-0.2, 0) is 16.1 Å². The van der Waals surface area contributed by atoms with Crippen LogP contribution in [0.25, 0.3) is 0 Å². The summed E-state index contributed by atoms with van der Waals surface area (Å²) in [5.41, 5.74) is 3.99. The van der Waals surface area contributed by atoms with Crippen molar-refractivity contribution in [2.24, 2.45) is 11.8 Å². The highest BCUT2D eigenvalue weighted by atomic mass is 16.4. The number of aromatic nitrogens is 1. The van der Waals surface area contributed by atoms with Crippen molar-refractivity contribution in [3.05, 3.63) is 71.1 Å². The molecule has 1 aliphatic rings. The summed E-state index contributed by atoms with van der Waals surface area (Å²) < 4.78 is 0. The number of carboxylic acid groups (broad SMARTS) is 1. The molecule has 0 fully saturated rings. The minimum atomic E-state index is -0.956. The molecule has 0 saturated heterocycles. The van der Waals surface area contributed by atoms with E-state index in [0.717, 1.165) is 16.7 Å². The number of rotatable bonds is 6. The first-order chi connectivity index (χ1) is 14.3. The number of amides is 2. The molecule has 2 amide bonds. The van der Waals surface area contributed by atoms with E-state index in [1.807, 2.05) is 19.9 Å². The Bertz CT molecular complexity index is 968. The number of allylic oxidation sites excluding steroid dienone is 2. The Labute approximate surface area is 175 Å². The Morgan fingerprint density at radius 2 is 1.70 bits per heavy atom. The van der Waals surface area contributed by atoms with E-state index in [-0.39, 0.29) is 11.8 Å². The number of nitrogens with zero attached hydrogens (tertiary/aromatic N) is 1. The summed E-state index contributed by atoms with van der Waals surface area (Å²) in [6.07, 6.45) is 4.18. The average Bonchev–Trinajstić information content (AvgIpc) is 2.74. The maximum atomic E-state index is 12.7. The molecule has 3 rings (SSSR count). The number of pyridine rings is 1. The number of hydrogen-bond donors (Lipinski definition) is 3. The van der Waals surface area contributed by atoms with Gasteiger partial charge in [0.05, 0.1) is 11.8 Å². The largest absolute Gasteiger partial charge is 0.481 e. The lowest BCUT2D eigenvalue weighted by Gasteiger charge is -2.29. The van der Waals surface area contributed by atoms with Gasteiger partial charge in [0.2, 0.25) is 5.91 Å². The van der Waals surface area contributed by atoms with E-state index in [9.17, 15) is 19.5 Å². The van der Waals surface area contributed by atoms with Crippen molar-refractivity contribution in [2.75, 3.05) is 5.32 Å². The Balaban J connectivity index is 1.61. The van der Waals surface area contributed by atoms with Crippen molar-refractivity contribution in [1.29, 1.82) is 0 Å². The van der Waals surface area contributed by atoms with Gasteiger partial charge in [0, 0.05) is 30.2 Å². The van der Waals surface area contributed by atoms with Crippen LogP contribution < -0.4 is 10.6 Å². The first-order valence-electron chi connectivity index (χ1n) is 9.81. The number of anilines is 1. The molecular formula is C23H25N3O4. The first kappa shape index (κ1) is 21.2. The van der Waals surface area contributed by atoms with Crippen molar-refractivity contribution in [2.45, 2.75) is 33.2 Å². The SMILES string of the molecule is CC1=C(C)C[C@@H](C(=O)Nc2ccc(C(=O)NCc3cccnc3)cc2)[C@@H](C(=O)O)C1. The molecule has 0 bridgehead atoms. The van der Waals surface area contributed by atoms with E-state index >= 15 is 0 Å². The summed E-state index contributed by atoms with van der Waals surface area (Å²) in [5.74, 6) is -2.85. The Morgan fingerprint density at radius 1 is 1.03 bits per heavy atom. The van der Waals surface area contributed by atoms with Crippen LogP contribution in [0.2, 0.25) is 0 Å². The predicted molar refractivity (Wildman–Crippen MR) is 113 cm³/mol. The molecule has 1 aromatic heterocycles. The molecule has 1 aromatic carbocycles. The van der Waals surface area contributed by atoms with Crippen molar-refractivity contribution in [3.63, 3.8) is 0 Å². The maximum absolute atomic E-state index is 12.7. The van der Waals surface area contributed by atoms with Gasteiger partial charge in [0.1, 0.15) is 0 Å². The van der Waals surface area contributed by atoms with Gasteiger partial charge in [-0.2, -0.15) is 0 Å². The van der Waals surface area contributed by atoms with Gasteiger partial charge in [-0.05, 0) is 62.6 Å². The zero-order chi connectivity index (χ0) is 21.7. The number of benzene rings is 1. The molecule has 7 heteroatoms. The fourth-order valence-electron chi connectivity index (χ4n) is 3.55. The minimum absolute atomic E-state index is 0.230. The van der Waals surface area contributed by atoms with Crippen LogP contribution >= 0.6 is 0 Å². The summed E-state index contributed by atoms with van der Waals surface area (Å²) >= 11 is 0. The van der Waals surface area contributed by atoms with Gasteiger partial charge in [0.15, 0.2) is 0 Å². The van der Waals surface area contributed by atoms with Crippen LogP contribution in [0.5, 0.6) is 0 Å². The van der Waals surface area contributed by atoms with Crippen LogP contribution in [-0.4, -0.2) is 27.9 Å². The molecule has 156 valence electrons. The van der Waals surface area contributed by atoms with Crippen LogP contribution in [0, 0.1) is 11.8 Å². The molecular weight excluding hydrogens is 382 g/mol. The first-order valence-corrected chi connectivity index (χ1v) is 9.81. The van der Waals surface area contributed by atoms with Gasteiger partial charge >= 0.3 is 5.97 Å². The number of carbonyl (C=O) groups excluding carboxylic acids is 2. The Hall–Kier alpha value is -3.48. The molecule has 2 atom stereocenters. The smallest absolute Gasteiger partial charge is 0.307 e. The Kier molecular flexibility index (Phi) is 6.61. The highest BCUT2D eigenvalue weighted by Crippen LogP contribution is 2.35. The van der Waals surface area contributed by atoms with Crippen molar-refractivity contribution < 1.29 is 19.5 Å². The zero-order valence-corrected chi connectivity index (χ0v) is 17.0. The lowest BCUT2D eigenvalue weighted by Crippen LogP contribution is -2.36. The molecule has 3 N–H and O–H groups in total. The van der Waals surface area contributed by atoms with E-state index in [1.54, 1.807) is 42.7 Å². The average molecular weight is 407 g/mol. The van der Waals surface area contributed by atoms with E-state index in [1.165, 1.54) is 0 Å². The lowest BCUT2D eigenvalue weighted by molar-refractivity contribution is -0.146. The monoisotopic (exact) mass is 407 g/mol. The van der Waals surface area contributed by atoms with Crippen LogP contribution in [0.4, 0.5) is 5.69 Å². The number of carboxylic acids is 1. The third kappa shape index (κ3) is 5.11. The second-order valence-electron chi connectivity index (χ2n) is 7.63. The van der Waals surface area contributed by atoms with Gasteiger partial charge in [-0.3, -0.25) is 19.4 Å². The third-order valence-electron chi connectivity index (χ3n) is 5.51. The molecule has 1 aliphatic carbocycles. The van der Waals surface area contributed by atoms with Gasteiger partial charge < -0.3 is 15.7 Å².